The fraction of sp³-hybridized carbons (Fsp3) is 0.467. The zero-order valence-corrected chi connectivity index (χ0v) is 11.1. The Balaban J connectivity index is 1.92. The number of nitrogens with one attached hydrogen (secondary N) is 3. The van der Waals surface area contributed by atoms with Crippen molar-refractivity contribution < 1.29 is 0 Å². The molecule has 1 unspecified atom stereocenters. The predicted octanol–water partition coefficient (Wildman–Crippen LogP) is 1.89. The molecule has 1 aromatic heterocycles. The van der Waals surface area contributed by atoms with E-state index in [1.54, 1.807) is 0 Å². The molecule has 18 heavy (non-hydrogen) atoms. The molecule has 1 aromatic carbocycles. The maximum Gasteiger partial charge on any atom is 0.0462 e. The summed E-state index contributed by atoms with van der Waals surface area (Å²) in [4.78, 5) is 3.41. The standard InChI is InChI=1S/C15H21N3/c1-10-5-11(2)15-12(8-18-14(15)6-10)7-13-9-16-3-4-17-13/h5-6,8,13,16-18H,3-4,7,9H2,1-2H3. The van der Waals surface area contributed by atoms with Gasteiger partial charge in [-0.1, -0.05) is 6.07 Å². The third kappa shape index (κ3) is 2.16. The zero-order chi connectivity index (χ0) is 12.5. The highest BCUT2D eigenvalue weighted by molar-refractivity contribution is 5.87. The Bertz CT molecular complexity index is 550. The normalized spacial score (nSPS) is 20.4. The van der Waals surface area contributed by atoms with E-state index in [0.29, 0.717) is 6.04 Å². The molecule has 0 amide bonds. The Kier molecular flexibility index (Phi) is 3.10. The van der Waals surface area contributed by atoms with Gasteiger partial charge >= 0.3 is 0 Å². The van der Waals surface area contributed by atoms with E-state index in [1.807, 2.05) is 0 Å². The second-order valence-electron chi connectivity index (χ2n) is 5.38. The van der Waals surface area contributed by atoms with Gasteiger partial charge in [-0.05, 0) is 43.0 Å². The fourth-order valence-electron chi connectivity index (χ4n) is 3.03. The summed E-state index contributed by atoms with van der Waals surface area (Å²) in [6.45, 7) is 7.59. The Hall–Kier alpha value is -1.32. The van der Waals surface area contributed by atoms with Crippen molar-refractivity contribution in [1.82, 2.24) is 15.6 Å². The lowest BCUT2D eigenvalue weighted by molar-refractivity contribution is 0.417. The molecule has 1 fully saturated rings. The van der Waals surface area contributed by atoms with Crippen molar-refractivity contribution in [3.63, 3.8) is 0 Å². The molecule has 0 saturated carbocycles. The van der Waals surface area contributed by atoms with Crippen LogP contribution in [0.5, 0.6) is 0 Å². The molecule has 0 aliphatic carbocycles. The minimum atomic E-state index is 0.554. The average molecular weight is 243 g/mol. The van der Waals surface area contributed by atoms with Crippen LogP contribution in [0.1, 0.15) is 16.7 Å². The SMILES string of the molecule is Cc1cc(C)c2c(CC3CNCCN3)c[nH]c2c1. The average Bonchev–Trinajstić information content (AvgIpc) is 2.73. The number of benzene rings is 1. The molecule has 3 nitrogen and oxygen atoms in total. The van der Waals surface area contributed by atoms with E-state index in [4.69, 9.17) is 0 Å². The number of aromatic amines is 1. The first-order valence-corrected chi connectivity index (χ1v) is 6.75. The Labute approximate surface area is 108 Å². The van der Waals surface area contributed by atoms with Crippen LogP contribution in [0.25, 0.3) is 10.9 Å². The molecule has 0 radical (unpaired) electrons. The van der Waals surface area contributed by atoms with Gasteiger partial charge in [0.15, 0.2) is 0 Å². The summed E-state index contributed by atoms with van der Waals surface area (Å²) in [7, 11) is 0. The zero-order valence-electron chi connectivity index (χ0n) is 11.1. The highest BCUT2D eigenvalue weighted by Gasteiger charge is 2.15. The van der Waals surface area contributed by atoms with Gasteiger partial charge in [0.05, 0.1) is 0 Å². The van der Waals surface area contributed by atoms with Gasteiger partial charge in [-0.15, -0.1) is 0 Å². The topological polar surface area (TPSA) is 39.8 Å². The lowest BCUT2D eigenvalue weighted by Crippen LogP contribution is -2.49. The smallest absolute Gasteiger partial charge is 0.0462 e. The van der Waals surface area contributed by atoms with E-state index in [2.05, 4.69) is 47.8 Å². The van der Waals surface area contributed by atoms with Crippen molar-refractivity contribution in [2.45, 2.75) is 26.3 Å². The monoisotopic (exact) mass is 243 g/mol. The molecule has 0 spiro atoms. The van der Waals surface area contributed by atoms with Crippen LogP contribution < -0.4 is 10.6 Å². The Morgan fingerprint density at radius 1 is 1.22 bits per heavy atom. The Morgan fingerprint density at radius 2 is 2.11 bits per heavy atom. The molecule has 3 rings (SSSR count). The van der Waals surface area contributed by atoms with Crippen molar-refractivity contribution in [3.05, 3.63) is 35.0 Å². The van der Waals surface area contributed by atoms with Crippen LogP contribution in [0, 0.1) is 13.8 Å². The lowest BCUT2D eigenvalue weighted by Gasteiger charge is -2.24. The highest BCUT2D eigenvalue weighted by atomic mass is 15.0. The van der Waals surface area contributed by atoms with Gasteiger partial charge in [-0.2, -0.15) is 0 Å². The van der Waals surface area contributed by atoms with E-state index in [-0.39, 0.29) is 0 Å². The number of aryl methyl sites for hydroxylation is 2. The maximum absolute atomic E-state index is 3.58. The summed E-state index contributed by atoms with van der Waals surface area (Å²) in [5.41, 5.74) is 5.41. The number of H-pyrrole nitrogens is 1. The van der Waals surface area contributed by atoms with Crippen molar-refractivity contribution in [3.8, 4) is 0 Å². The molecule has 1 aliphatic heterocycles. The van der Waals surface area contributed by atoms with E-state index < -0.39 is 0 Å². The number of aromatic nitrogens is 1. The Morgan fingerprint density at radius 3 is 2.89 bits per heavy atom. The molecule has 0 bridgehead atoms. The molecule has 3 heteroatoms. The number of rotatable bonds is 2. The molecule has 96 valence electrons. The molecule has 1 saturated heterocycles. The first-order valence-electron chi connectivity index (χ1n) is 6.75. The summed E-state index contributed by atoms with van der Waals surface area (Å²) < 4.78 is 0. The molecular formula is C15H21N3. The van der Waals surface area contributed by atoms with Crippen LogP contribution in [0.2, 0.25) is 0 Å². The quantitative estimate of drug-likeness (QED) is 0.754. The van der Waals surface area contributed by atoms with Gasteiger partial charge in [0.25, 0.3) is 0 Å². The predicted molar refractivity (Wildman–Crippen MR) is 76.1 cm³/mol. The van der Waals surface area contributed by atoms with E-state index in [9.17, 15) is 0 Å². The van der Waals surface area contributed by atoms with E-state index in [0.717, 1.165) is 26.1 Å². The van der Waals surface area contributed by atoms with Crippen molar-refractivity contribution in [2.75, 3.05) is 19.6 Å². The summed E-state index contributed by atoms with van der Waals surface area (Å²) >= 11 is 0. The minimum Gasteiger partial charge on any atom is -0.361 e. The van der Waals surface area contributed by atoms with Crippen LogP contribution >= 0.6 is 0 Å². The molecule has 2 heterocycles. The van der Waals surface area contributed by atoms with Gasteiger partial charge in [-0.25, -0.2) is 0 Å². The van der Waals surface area contributed by atoms with Gasteiger partial charge < -0.3 is 15.6 Å². The van der Waals surface area contributed by atoms with Crippen LogP contribution in [0.15, 0.2) is 18.3 Å². The van der Waals surface area contributed by atoms with Crippen molar-refractivity contribution >= 4 is 10.9 Å². The van der Waals surface area contributed by atoms with E-state index >= 15 is 0 Å². The number of piperazine rings is 1. The van der Waals surface area contributed by atoms with Crippen LogP contribution in [0.3, 0.4) is 0 Å². The fourth-order valence-corrected chi connectivity index (χ4v) is 3.03. The van der Waals surface area contributed by atoms with Gasteiger partial charge in [0, 0.05) is 42.8 Å². The van der Waals surface area contributed by atoms with Gasteiger partial charge in [0.1, 0.15) is 0 Å². The third-order valence-corrected chi connectivity index (χ3v) is 3.79. The molecule has 1 aliphatic rings. The highest BCUT2D eigenvalue weighted by Crippen LogP contribution is 2.24. The third-order valence-electron chi connectivity index (χ3n) is 3.79. The summed E-state index contributed by atoms with van der Waals surface area (Å²) in [6, 6.07) is 5.06. The number of hydrogen-bond donors (Lipinski definition) is 3. The van der Waals surface area contributed by atoms with E-state index in [1.165, 1.54) is 27.6 Å². The van der Waals surface area contributed by atoms with Crippen molar-refractivity contribution in [2.24, 2.45) is 0 Å². The van der Waals surface area contributed by atoms with Crippen LogP contribution in [-0.4, -0.2) is 30.7 Å². The summed E-state index contributed by atoms with van der Waals surface area (Å²) in [6.07, 6.45) is 3.27. The van der Waals surface area contributed by atoms with Crippen LogP contribution in [0.4, 0.5) is 0 Å². The molecular weight excluding hydrogens is 222 g/mol. The first-order chi connectivity index (χ1) is 8.74. The summed E-state index contributed by atoms with van der Waals surface area (Å²) in [5.74, 6) is 0. The molecule has 1 atom stereocenters. The van der Waals surface area contributed by atoms with Crippen LogP contribution in [-0.2, 0) is 6.42 Å². The largest absolute Gasteiger partial charge is 0.361 e. The van der Waals surface area contributed by atoms with Crippen molar-refractivity contribution in [1.29, 1.82) is 0 Å². The van der Waals surface area contributed by atoms with Gasteiger partial charge in [-0.3, -0.25) is 0 Å². The second kappa shape index (κ2) is 4.75. The summed E-state index contributed by atoms with van der Waals surface area (Å²) in [5, 5.41) is 8.43. The molecule has 3 N–H and O–H groups in total. The maximum atomic E-state index is 3.58. The first kappa shape index (κ1) is 11.8. The lowest BCUT2D eigenvalue weighted by atomic mass is 9.99. The molecule has 2 aromatic rings. The second-order valence-corrected chi connectivity index (χ2v) is 5.38. The number of hydrogen-bond acceptors (Lipinski definition) is 2. The number of fused-ring (bicyclic) bond motifs is 1. The van der Waals surface area contributed by atoms with Gasteiger partial charge in [0.2, 0.25) is 0 Å². The minimum absolute atomic E-state index is 0.554.